The van der Waals surface area contributed by atoms with E-state index in [4.69, 9.17) is 16.7 Å². The van der Waals surface area contributed by atoms with Crippen molar-refractivity contribution in [2.24, 2.45) is 0 Å². The number of hydrogen-bond donors (Lipinski definition) is 1. The molecule has 0 spiro atoms. The molecule has 4 nitrogen and oxygen atoms in total. The molecule has 0 atom stereocenters. The Morgan fingerprint density at radius 3 is 2.50 bits per heavy atom. The average molecular weight is 235 g/mol. The van der Waals surface area contributed by atoms with Gasteiger partial charge in [0.25, 0.3) is 0 Å². The summed E-state index contributed by atoms with van der Waals surface area (Å²) in [6, 6.07) is 7.06. The van der Waals surface area contributed by atoms with Crippen LogP contribution < -0.4 is 0 Å². The zero-order valence-corrected chi connectivity index (χ0v) is 8.85. The standard InChI is InChI=1S/C11H7ClN2O2/c12-9-3-1-2-7(4-9)10-13-5-8(6-14-10)11(15)16/h1-6H,(H,15,16). The normalized spacial score (nSPS) is 10.1. The van der Waals surface area contributed by atoms with Crippen LogP contribution in [0, 0.1) is 0 Å². The highest BCUT2D eigenvalue weighted by Crippen LogP contribution is 2.18. The highest BCUT2D eigenvalue weighted by atomic mass is 35.5. The maximum Gasteiger partial charge on any atom is 0.338 e. The number of carboxylic acids is 1. The van der Waals surface area contributed by atoms with Crippen LogP contribution in [-0.2, 0) is 0 Å². The number of halogens is 1. The third kappa shape index (κ3) is 2.17. The number of carboxylic acid groups (broad SMARTS) is 1. The summed E-state index contributed by atoms with van der Waals surface area (Å²) in [5.74, 6) is -0.592. The minimum Gasteiger partial charge on any atom is -0.478 e. The van der Waals surface area contributed by atoms with Crippen LogP contribution in [0.4, 0.5) is 0 Å². The van der Waals surface area contributed by atoms with Gasteiger partial charge in [0.1, 0.15) is 0 Å². The molecule has 2 rings (SSSR count). The van der Waals surface area contributed by atoms with E-state index >= 15 is 0 Å². The molecular weight excluding hydrogens is 228 g/mol. The summed E-state index contributed by atoms with van der Waals surface area (Å²) >= 11 is 5.83. The third-order valence-electron chi connectivity index (χ3n) is 1.98. The molecule has 80 valence electrons. The predicted octanol–water partition coefficient (Wildman–Crippen LogP) is 2.50. The summed E-state index contributed by atoms with van der Waals surface area (Å²) in [6.45, 7) is 0. The van der Waals surface area contributed by atoms with E-state index in [9.17, 15) is 4.79 Å². The minimum atomic E-state index is -1.04. The molecule has 2 aromatic rings. The zero-order chi connectivity index (χ0) is 11.5. The third-order valence-corrected chi connectivity index (χ3v) is 2.22. The van der Waals surface area contributed by atoms with Gasteiger partial charge in [0.2, 0.25) is 0 Å². The number of rotatable bonds is 2. The number of hydrogen-bond acceptors (Lipinski definition) is 3. The number of carbonyl (C=O) groups is 1. The number of aromatic nitrogens is 2. The van der Waals surface area contributed by atoms with Crippen molar-refractivity contribution in [3.05, 3.63) is 47.2 Å². The molecule has 0 aliphatic rings. The molecule has 0 saturated carbocycles. The van der Waals surface area contributed by atoms with Gasteiger partial charge >= 0.3 is 5.97 Å². The first-order valence-corrected chi connectivity index (χ1v) is 4.86. The van der Waals surface area contributed by atoms with Crippen molar-refractivity contribution >= 4 is 17.6 Å². The van der Waals surface area contributed by atoms with Crippen LogP contribution in [-0.4, -0.2) is 21.0 Å². The molecule has 0 radical (unpaired) electrons. The van der Waals surface area contributed by atoms with Crippen LogP contribution in [0.2, 0.25) is 5.02 Å². The first kappa shape index (κ1) is 10.6. The summed E-state index contributed by atoms with van der Waals surface area (Å²) in [5, 5.41) is 9.28. The van der Waals surface area contributed by atoms with Crippen LogP contribution in [0.3, 0.4) is 0 Å². The van der Waals surface area contributed by atoms with Crippen molar-refractivity contribution in [3.63, 3.8) is 0 Å². The predicted molar refractivity (Wildman–Crippen MR) is 59.4 cm³/mol. The van der Waals surface area contributed by atoms with E-state index in [1.54, 1.807) is 18.2 Å². The molecule has 5 heteroatoms. The highest BCUT2D eigenvalue weighted by Gasteiger charge is 2.05. The lowest BCUT2D eigenvalue weighted by molar-refractivity contribution is 0.0696. The van der Waals surface area contributed by atoms with Gasteiger partial charge in [-0.2, -0.15) is 0 Å². The molecule has 1 N–H and O–H groups in total. The van der Waals surface area contributed by atoms with Crippen molar-refractivity contribution in [3.8, 4) is 11.4 Å². The number of aromatic carboxylic acids is 1. The van der Waals surface area contributed by atoms with Crippen molar-refractivity contribution in [1.82, 2.24) is 9.97 Å². The Morgan fingerprint density at radius 1 is 1.25 bits per heavy atom. The van der Waals surface area contributed by atoms with Crippen molar-refractivity contribution < 1.29 is 9.90 Å². The Kier molecular flexibility index (Phi) is 2.83. The molecule has 0 aliphatic heterocycles. The average Bonchev–Trinajstić information content (AvgIpc) is 2.29. The van der Waals surface area contributed by atoms with Gasteiger partial charge in [0.05, 0.1) is 5.56 Å². The molecule has 0 bridgehead atoms. The van der Waals surface area contributed by atoms with Crippen LogP contribution in [0.25, 0.3) is 11.4 Å². The maximum atomic E-state index is 10.6. The zero-order valence-electron chi connectivity index (χ0n) is 8.09. The Labute approximate surface area is 96.6 Å². The van der Waals surface area contributed by atoms with Gasteiger partial charge in [-0.15, -0.1) is 0 Å². The van der Waals surface area contributed by atoms with Crippen molar-refractivity contribution in [2.75, 3.05) is 0 Å². The van der Waals surface area contributed by atoms with Gasteiger partial charge in [0, 0.05) is 23.0 Å². The van der Waals surface area contributed by atoms with E-state index in [0.717, 1.165) is 5.56 Å². The molecule has 16 heavy (non-hydrogen) atoms. The van der Waals surface area contributed by atoms with Gasteiger partial charge in [-0.05, 0) is 12.1 Å². The molecule has 0 saturated heterocycles. The van der Waals surface area contributed by atoms with Crippen molar-refractivity contribution in [2.45, 2.75) is 0 Å². The van der Waals surface area contributed by atoms with Gasteiger partial charge in [0.15, 0.2) is 5.82 Å². The second-order valence-electron chi connectivity index (χ2n) is 3.11. The summed E-state index contributed by atoms with van der Waals surface area (Å²) in [6.07, 6.45) is 2.54. The Balaban J connectivity index is 2.38. The first-order chi connectivity index (χ1) is 7.66. The van der Waals surface area contributed by atoms with Gasteiger partial charge in [-0.25, -0.2) is 14.8 Å². The molecule has 0 fully saturated rings. The Bertz CT molecular complexity index is 526. The summed E-state index contributed by atoms with van der Waals surface area (Å²) in [7, 11) is 0. The fourth-order valence-corrected chi connectivity index (χ4v) is 1.41. The van der Waals surface area contributed by atoms with Gasteiger partial charge < -0.3 is 5.11 Å². The van der Waals surface area contributed by atoms with Crippen LogP contribution in [0.5, 0.6) is 0 Å². The number of nitrogens with zero attached hydrogens (tertiary/aromatic N) is 2. The molecule has 1 aromatic carbocycles. The number of benzene rings is 1. The first-order valence-electron chi connectivity index (χ1n) is 4.48. The molecule has 1 heterocycles. The minimum absolute atomic E-state index is 0.0609. The van der Waals surface area contributed by atoms with Crippen LogP contribution in [0.15, 0.2) is 36.7 Å². The summed E-state index contributed by atoms with van der Waals surface area (Å²) < 4.78 is 0. The quantitative estimate of drug-likeness (QED) is 0.867. The van der Waals surface area contributed by atoms with E-state index in [1.807, 2.05) is 6.07 Å². The van der Waals surface area contributed by atoms with E-state index in [0.29, 0.717) is 10.8 Å². The topological polar surface area (TPSA) is 63.1 Å². The molecule has 0 amide bonds. The lowest BCUT2D eigenvalue weighted by Gasteiger charge is -2.00. The van der Waals surface area contributed by atoms with Crippen LogP contribution >= 0.6 is 11.6 Å². The van der Waals surface area contributed by atoms with Crippen LogP contribution in [0.1, 0.15) is 10.4 Å². The molecular formula is C11H7ClN2O2. The summed E-state index contributed by atoms with van der Waals surface area (Å²) in [5.41, 5.74) is 0.815. The Hall–Kier alpha value is -1.94. The fourth-order valence-electron chi connectivity index (χ4n) is 1.22. The largest absolute Gasteiger partial charge is 0.478 e. The molecule has 0 unspecified atom stereocenters. The fraction of sp³-hybridized carbons (Fsp3) is 0. The van der Waals surface area contributed by atoms with Crippen molar-refractivity contribution in [1.29, 1.82) is 0 Å². The lowest BCUT2D eigenvalue weighted by atomic mass is 10.2. The van der Waals surface area contributed by atoms with E-state index in [-0.39, 0.29) is 5.56 Å². The second kappa shape index (κ2) is 4.28. The van der Waals surface area contributed by atoms with E-state index < -0.39 is 5.97 Å². The monoisotopic (exact) mass is 234 g/mol. The smallest absolute Gasteiger partial charge is 0.338 e. The highest BCUT2D eigenvalue weighted by molar-refractivity contribution is 6.30. The molecule has 0 aliphatic carbocycles. The SMILES string of the molecule is O=C(O)c1cnc(-c2cccc(Cl)c2)nc1. The maximum absolute atomic E-state index is 10.6. The van der Waals surface area contributed by atoms with Gasteiger partial charge in [-0.1, -0.05) is 23.7 Å². The summed E-state index contributed by atoms with van der Waals surface area (Å²) in [4.78, 5) is 18.5. The lowest BCUT2D eigenvalue weighted by Crippen LogP contribution is -1.99. The van der Waals surface area contributed by atoms with Gasteiger partial charge in [-0.3, -0.25) is 0 Å². The second-order valence-corrected chi connectivity index (χ2v) is 3.55. The van der Waals surface area contributed by atoms with E-state index in [2.05, 4.69) is 9.97 Å². The Morgan fingerprint density at radius 2 is 1.94 bits per heavy atom. The van der Waals surface area contributed by atoms with E-state index in [1.165, 1.54) is 12.4 Å². The molecule has 1 aromatic heterocycles.